The molecular weight excluding hydrogens is 342 g/mol. The SMILES string of the molecule is Cn1c(N)c(C(=O)CSc2nc3ccccc3n2C)c(=O)n(C)c1=O. The predicted molar refractivity (Wildman–Crippen MR) is 97.1 cm³/mol. The van der Waals surface area contributed by atoms with E-state index in [4.69, 9.17) is 5.73 Å². The van der Waals surface area contributed by atoms with Crippen LogP contribution in [-0.2, 0) is 21.1 Å². The molecule has 9 heteroatoms. The number of thioether (sulfide) groups is 1. The summed E-state index contributed by atoms with van der Waals surface area (Å²) in [5.41, 5.74) is 6.18. The summed E-state index contributed by atoms with van der Waals surface area (Å²) in [7, 11) is 4.60. The van der Waals surface area contributed by atoms with Crippen LogP contribution >= 0.6 is 11.8 Å². The van der Waals surface area contributed by atoms with Crippen LogP contribution in [0.25, 0.3) is 11.0 Å². The largest absolute Gasteiger partial charge is 0.384 e. The van der Waals surface area contributed by atoms with Gasteiger partial charge < -0.3 is 10.3 Å². The zero-order valence-corrected chi connectivity index (χ0v) is 14.8. The number of hydrogen-bond donors (Lipinski definition) is 1. The predicted octanol–water partition coefficient (Wildman–Crippen LogP) is 0.528. The first-order valence-electron chi connectivity index (χ1n) is 7.46. The molecule has 1 aromatic carbocycles. The van der Waals surface area contributed by atoms with E-state index in [1.165, 1.54) is 25.9 Å². The van der Waals surface area contributed by atoms with Crippen LogP contribution in [0.1, 0.15) is 10.4 Å². The summed E-state index contributed by atoms with van der Waals surface area (Å²) >= 11 is 1.22. The van der Waals surface area contributed by atoms with Gasteiger partial charge in [-0.05, 0) is 12.1 Å². The molecule has 0 saturated carbocycles. The zero-order chi connectivity index (χ0) is 18.3. The Morgan fingerprint density at radius 3 is 2.48 bits per heavy atom. The maximum Gasteiger partial charge on any atom is 0.332 e. The monoisotopic (exact) mass is 359 g/mol. The highest BCUT2D eigenvalue weighted by Gasteiger charge is 2.21. The molecule has 130 valence electrons. The second kappa shape index (κ2) is 6.25. The number of aryl methyl sites for hydroxylation is 1. The summed E-state index contributed by atoms with van der Waals surface area (Å²) in [4.78, 5) is 41.1. The number of carbonyl (C=O) groups is 1. The maximum atomic E-state index is 12.5. The lowest BCUT2D eigenvalue weighted by atomic mass is 10.2. The van der Waals surface area contributed by atoms with Crippen molar-refractivity contribution in [1.82, 2.24) is 18.7 Å². The van der Waals surface area contributed by atoms with Gasteiger partial charge in [-0.1, -0.05) is 23.9 Å². The van der Waals surface area contributed by atoms with E-state index in [1.807, 2.05) is 35.9 Å². The number of nitrogens with two attached hydrogens (primary N) is 1. The van der Waals surface area contributed by atoms with Crippen molar-refractivity contribution in [3.63, 3.8) is 0 Å². The lowest BCUT2D eigenvalue weighted by Gasteiger charge is -2.10. The molecule has 2 aromatic heterocycles. The number of carbonyl (C=O) groups excluding carboxylic acids is 1. The molecule has 0 fully saturated rings. The lowest BCUT2D eigenvalue weighted by molar-refractivity contribution is 0.102. The third-order valence-corrected chi connectivity index (χ3v) is 5.10. The van der Waals surface area contributed by atoms with Crippen LogP contribution in [0.2, 0.25) is 0 Å². The molecule has 0 aliphatic carbocycles. The van der Waals surface area contributed by atoms with Crippen LogP contribution in [0, 0.1) is 0 Å². The second-order valence-electron chi connectivity index (χ2n) is 5.62. The quantitative estimate of drug-likeness (QED) is 0.538. The molecule has 3 aromatic rings. The number of fused-ring (bicyclic) bond motifs is 1. The minimum absolute atomic E-state index is 0.00515. The standard InChI is InChI=1S/C16H17N5O3S/c1-19-10-7-5-4-6-9(10)18-15(19)25-8-11(22)12-13(17)20(2)16(24)21(3)14(12)23/h4-7H,8,17H2,1-3H3. The Balaban J connectivity index is 1.92. The average molecular weight is 359 g/mol. The number of para-hydroxylation sites is 2. The van der Waals surface area contributed by atoms with E-state index >= 15 is 0 Å². The molecule has 0 amide bonds. The highest BCUT2D eigenvalue weighted by atomic mass is 32.2. The third-order valence-electron chi connectivity index (χ3n) is 4.07. The maximum absolute atomic E-state index is 12.5. The number of rotatable bonds is 4. The number of benzene rings is 1. The Morgan fingerprint density at radius 2 is 1.80 bits per heavy atom. The molecule has 0 atom stereocenters. The Hall–Kier alpha value is -2.81. The number of nitrogens with zero attached hydrogens (tertiary/aromatic N) is 4. The van der Waals surface area contributed by atoms with Crippen molar-refractivity contribution in [1.29, 1.82) is 0 Å². The molecular formula is C16H17N5O3S. The van der Waals surface area contributed by atoms with Gasteiger partial charge in [-0.3, -0.25) is 18.7 Å². The van der Waals surface area contributed by atoms with Gasteiger partial charge in [-0.2, -0.15) is 0 Å². The average Bonchev–Trinajstić information content (AvgIpc) is 2.93. The first kappa shape index (κ1) is 17.0. The first-order valence-corrected chi connectivity index (χ1v) is 8.44. The number of aromatic nitrogens is 4. The molecule has 2 N–H and O–H groups in total. The van der Waals surface area contributed by atoms with E-state index in [0.717, 1.165) is 20.2 Å². The molecule has 0 radical (unpaired) electrons. The summed E-state index contributed by atoms with van der Waals surface area (Å²) < 4.78 is 3.85. The van der Waals surface area contributed by atoms with Crippen LogP contribution in [0.15, 0.2) is 39.0 Å². The normalized spacial score (nSPS) is 11.2. The van der Waals surface area contributed by atoms with Crippen molar-refractivity contribution >= 4 is 34.4 Å². The van der Waals surface area contributed by atoms with Gasteiger partial charge in [-0.15, -0.1) is 0 Å². The van der Waals surface area contributed by atoms with Crippen molar-refractivity contribution < 1.29 is 4.79 Å². The molecule has 0 aliphatic heterocycles. The Bertz CT molecular complexity index is 1110. The Labute approximate surface area is 146 Å². The fourth-order valence-corrected chi connectivity index (χ4v) is 3.44. The number of anilines is 1. The fourth-order valence-electron chi connectivity index (χ4n) is 2.58. The topological polar surface area (TPSA) is 105 Å². The zero-order valence-electron chi connectivity index (χ0n) is 14.0. The Kier molecular flexibility index (Phi) is 4.25. The van der Waals surface area contributed by atoms with Gasteiger partial charge in [0.25, 0.3) is 5.56 Å². The highest BCUT2D eigenvalue weighted by molar-refractivity contribution is 7.99. The summed E-state index contributed by atoms with van der Waals surface area (Å²) in [6, 6.07) is 7.64. The molecule has 0 unspecified atom stereocenters. The minimum atomic E-state index is -0.684. The number of Topliss-reactive ketones (excluding diaryl/α,β-unsaturated/α-hetero) is 1. The van der Waals surface area contributed by atoms with E-state index in [1.54, 1.807) is 0 Å². The fraction of sp³-hybridized carbons (Fsp3) is 0.250. The first-order chi connectivity index (χ1) is 11.8. The van der Waals surface area contributed by atoms with Crippen molar-refractivity contribution in [2.75, 3.05) is 11.5 Å². The number of hydrogen-bond acceptors (Lipinski definition) is 6. The van der Waals surface area contributed by atoms with Gasteiger partial charge in [0, 0.05) is 21.1 Å². The van der Waals surface area contributed by atoms with Gasteiger partial charge in [-0.25, -0.2) is 9.78 Å². The molecule has 0 bridgehead atoms. The van der Waals surface area contributed by atoms with Gasteiger partial charge in [0.15, 0.2) is 10.9 Å². The molecule has 8 nitrogen and oxygen atoms in total. The third kappa shape index (κ3) is 2.76. The Morgan fingerprint density at radius 1 is 1.12 bits per heavy atom. The molecule has 0 aliphatic rings. The second-order valence-corrected chi connectivity index (χ2v) is 6.56. The van der Waals surface area contributed by atoms with Gasteiger partial charge >= 0.3 is 5.69 Å². The summed E-state index contributed by atoms with van der Waals surface area (Å²) in [5, 5.41) is 0.662. The number of imidazole rings is 1. The van der Waals surface area contributed by atoms with E-state index in [-0.39, 0.29) is 17.1 Å². The molecule has 0 saturated heterocycles. The van der Waals surface area contributed by atoms with Crippen molar-refractivity contribution in [2.45, 2.75) is 5.16 Å². The van der Waals surface area contributed by atoms with E-state index in [9.17, 15) is 14.4 Å². The van der Waals surface area contributed by atoms with E-state index in [0.29, 0.717) is 5.16 Å². The lowest BCUT2D eigenvalue weighted by Crippen LogP contribution is -2.41. The minimum Gasteiger partial charge on any atom is -0.384 e. The van der Waals surface area contributed by atoms with Crippen molar-refractivity contribution in [3.05, 3.63) is 50.7 Å². The van der Waals surface area contributed by atoms with Crippen LogP contribution in [-0.4, -0.2) is 30.2 Å². The number of nitrogen functional groups attached to an aromatic ring is 1. The highest BCUT2D eigenvalue weighted by Crippen LogP contribution is 2.23. The molecule has 3 rings (SSSR count). The summed E-state index contributed by atoms with van der Waals surface area (Å²) in [6.07, 6.45) is 0. The van der Waals surface area contributed by atoms with Crippen LogP contribution < -0.4 is 17.0 Å². The molecule has 0 spiro atoms. The van der Waals surface area contributed by atoms with Crippen molar-refractivity contribution in [3.8, 4) is 0 Å². The van der Waals surface area contributed by atoms with Crippen LogP contribution in [0.4, 0.5) is 5.82 Å². The van der Waals surface area contributed by atoms with Gasteiger partial charge in [0.2, 0.25) is 0 Å². The number of ketones is 1. The van der Waals surface area contributed by atoms with E-state index in [2.05, 4.69) is 4.98 Å². The molecule has 25 heavy (non-hydrogen) atoms. The van der Waals surface area contributed by atoms with Gasteiger partial charge in [0.05, 0.1) is 16.8 Å². The van der Waals surface area contributed by atoms with Gasteiger partial charge in [0.1, 0.15) is 11.4 Å². The van der Waals surface area contributed by atoms with Crippen LogP contribution in [0.3, 0.4) is 0 Å². The summed E-state index contributed by atoms with van der Waals surface area (Å²) in [5.74, 6) is -0.566. The summed E-state index contributed by atoms with van der Waals surface area (Å²) in [6.45, 7) is 0. The smallest absolute Gasteiger partial charge is 0.332 e. The molecule has 2 heterocycles. The van der Waals surface area contributed by atoms with Crippen molar-refractivity contribution in [2.24, 2.45) is 21.1 Å². The van der Waals surface area contributed by atoms with Crippen LogP contribution in [0.5, 0.6) is 0 Å². The van der Waals surface area contributed by atoms with E-state index < -0.39 is 17.0 Å².